The molecule has 2 aliphatic rings. The summed E-state index contributed by atoms with van der Waals surface area (Å²) in [4.78, 5) is 0. The predicted molar refractivity (Wildman–Crippen MR) is 100 cm³/mol. The summed E-state index contributed by atoms with van der Waals surface area (Å²) >= 11 is 0. The number of rotatable bonds is 2. The van der Waals surface area contributed by atoms with Crippen molar-refractivity contribution >= 4 is 16.1 Å². The minimum atomic E-state index is -0.981. The molecule has 0 aromatic heterocycles. The summed E-state index contributed by atoms with van der Waals surface area (Å²) in [5.41, 5.74) is 3.12. The van der Waals surface area contributed by atoms with Crippen molar-refractivity contribution < 1.29 is 21.7 Å². The zero-order valence-corrected chi connectivity index (χ0v) is 18.7. The van der Waals surface area contributed by atoms with Crippen molar-refractivity contribution in [3.63, 3.8) is 0 Å². The molecule has 10 radical (unpaired) electrons. The van der Waals surface area contributed by atoms with E-state index in [0.717, 1.165) is 0 Å². The molecular formula is C18H32Si2Ti. The van der Waals surface area contributed by atoms with Crippen LogP contribution in [0.1, 0.15) is 0 Å². The molecule has 0 N–H and O–H groups in total. The fraction of sp³-hybridized carbons (Fsp3) is 0.333. The molecular weight excluding hydrogens is 320 g/mol. The third-order valence-corrected chi connectivity index (χ3v) is 7.19. The van der Waals surface area contributed by atoms with Gasteiger partial charge in [0.15, 0.2) is 0 Å². The first-order valence-electron chi connectivity index (χ1n) is 6.65. The largest absolute Gasteiger partial charge is 2.00 e. The topological polar surface area (TPSA) is 0 Å². The predicted octanol–water partition coefficient (Wildman–Crippen LogP) is 5.44. The van der Waals surface area contributed by atoms with Gasteiger partial charge in [-0.25, -0.2) is 0 Å². The van der Waals surface area contributed by atoms with E-state index in [9.17, 15) is 0 Å². The first-order valence-corrected chi connectivity index (χ1v) is 13.7. The second kappa shape index (κ2) is 11.6. The Kier molecular flexibility index (Phi) is 15.0. The summed E-state index contributed by atoms with van der Waals surface area (Å²) in [7, 11) is -1.96. The maximum absolute atomic E-state index is 2.36. The van der Waals surface area contributed by atoms with Gasteiger partial charge in [-0.1, -0.05) is 39.3 Å². The van der Waals surface area contributed by atoms with Gasteiger partial charge < -0.3 is 14.9 Å². The second-order valence-corrected chi connectivity index (χ2v) is 17.0. The Morgan fingerprint density at radius 1 is 0.524 bits per heavy atom. The third kappa shape index (κ3) is 10.5. The van der Waals surface area contributed by atoms with E-state index in [0.29, 0.717) is 0 Å². The Balaban J connectivity index is -0.000000270. The van der Waals surface area contributed by atoms with Crippen molar-refractivity contribution in [1.82, 2.24) is 0 Å². The summed E-state index contributed by atoms with van der Waals surface area (Å²) in [6, 6.07) is 0. The van der Waals surface area contributed by atoms with E-state index in [1.807, 2.05) is 0 Å². The van der Waals surface area contributed by atoms with Gasteiger partial charge in [-0.05, 0) is 62.4 Å². The van der Waals surface area contributed by atoms with Crippen molar-refractivity contribution in [2.45, 2.75) is 39.3 Å². The summed E-state index contributed by atoms with van der Waals surface area (Å²) in [6.07, 6.45) is 17.4. The molecule has 0 aromatic rings. The molecule has 2 saturated carbocycles. The fourth-order valence-corrected chi connectivity index (χ4v) is 4.13. The van der Waals surface area contributed by atoms with Gasteiger partial charge in [0.1, 0.15) is 0 Å². The zero-order chi connectivity index (χ0) is 13.8. The van der Waals surface area contributed by atoms with Crippen molar-refractivity contribution in [3.8, 4) is 0 Å². The zero-order valence-electron chi connectivity index (χ0n) is 15.1. The Morgan fingerprint density at radius 2 is 0.714 bits per heavy atom. The van der Waals surface area contributed by atoms with E-state index in [4.69, 9.17) is 0 Å². The van der Waals surface area contributed by atoms with Crippen LogP contribution < -0.4 is 0 Å². The van der Waals surface area contributed by atoms with Crippen LogP contribution in [-0.2, 0) is 21.7 Å². The van der Waals surface area contributed by atoms with Crippen molar-refractivity contribution in [1.29, 1.82) is 0 Å². The summed E-state index contributed by atoms with van der Waals surface area (Å²) in [5.74, 6) is 0. The van der Waals surface area contributed by atoms with Crippen LogP contribution in [0.25, 0.3) is 0 Å². The van der Waals surface area contributed by atoms with Gasteiger partial charge in [0.2, 0.25) is 0 Å². The molecule has 0 saturated heterocycles. The molecule has 0 unspecified atom stereocenters. The summed E-state index contributed by atoms with van der Waals surface area (Å²) in [6.45, 7) is 14.2. The number of hydrogen-bond donors (Lipinski definition) is 0. The summed E-state index contributed by atoms with van der Waals surface area (Å²) < 4.78 is 0. The molecule has 0 atom stereocenters. The first kappa shape index (κ1) is 27.0. The molecule has 2 aliphatic carbocycles. The monoisotopic (exact) mass is 352 g/mol. The van der Waals surface area contributed by atoms with E-state index >= 15 is 0 Å². The van der Waals surface area contributed by atoms with Crippen LogP contribution in [0.4, 0.5) is 0 Å². The van der Waals surface area contributed by atoms with Crippen LogP contribution in [-0.4, -0.2) is 16.1 Å². The molecule has 2 fully saturated rings. The molecule has 3 heteroatoms. The molecule has 0 bridgehead atoms. The first-order chi connectivity index (χ1) is 8.21. The van der Waals surface area contributed by atoms with Gasteiger partial charge in [-0.2, -0.15) is 0 Å². The van der Waals surface area contributed by atoms with Gasteiger partial charge >= 0.3 is 21.7 Å². The summed E-state index contributed by atoms with van der Waals surface area (Å²) in [5, 5.41) is 0. The van der Waals surface area contributed by atoms with E-state index in [1.165, 1.54) is 0 Å². The van der Waals surface area contributed by atoms with Gasteiger partial charge in [-0.3, -0.25) is 0 Å². The molecule has 21 heavy (non-hydrogen) atoms. The fourth-order valence-electron chi connectivity index (χ4n) is 1.75. The smallest absolute Gasteiger partial charge is 0.358 e. The van der Waals surface area contributed by atoms with Gasteiger partial charge in [0.25, 0.3) is 0 Å². The Bertz CT molecular complexity index is 203. The van der Waals surface area contributed by atoms with Crippen LogP contribution in [0.3, 0.4) is 0 Å². The van der Waals surface area contributed by atoms with Crippen LogP contribution >= 0.6 is 0 Å². The van der Waals surface area contributed by atoms with Crippen LogP contribution in [0.5, 0.6) is 0 Å². The Morgan fingerprint density at radius 3 is 0.810 bits per heavy atom. The maximum Gasteiger partial charge on any atom is 2.00 e. The molecule has 2 rings (SSSR count). The Labute approximate surface area is 154 Å². The maximum atomic E-state index is 2.36. The van der Waals surface area contributed by atoms with Gasteiger partial charge in [-0.15, -0.1) is 0 Å². The van der Waals surface area contributed by atoms with E-state index in [-0.39, 0.29) is 36.6 Å². The molecule has 0 amide bonds. The third-order valence-electron chi connectivity index (χ3n) is 3.06. The van der Waals surface area contributed by atoms with Crippen molar-refractivity contribution in [2.75, 3.05) is 0 Å². The second-order valence-electron chi connectivity index (χ2n) is 6.85. The van der Waals surface area contributed by atoms with E-state index < -0.39 is 16.1 Å². The van der Waals surface area contributed by atoms with Gasteiger partial charge in [0, 0.05) is 0 Å². The molecule has 116 valence electrons. The minimum absolute atomic E-state index is 0. The molecule has 0 heterocycles. The molecule has 0 nitrogen and oxygen atoms in total. The minimum Gasteiger partial charge on any atom is -0.358 e. The average Bonchev–Trinajstić information content (AvgIpc) is 2.91. The van der Waals surface area contributed by atoms with Crippen molar-refractivity contribution in [2.24, 2.45) is 0 Å². The molecule has 0 aromatic carbocycles. The Hall–Kier alpha value is 1.15. The standard InChI is InChI=1S/2C8H13Si.2CH3.Ti/c2*1-9(2,3)8-6-4-5-7-8;;;/h2*4-7H,1-3H3;2*1H3;/q;;2*-1;+2. The molecule has 0 spiro atoms. The SMILES string of the molecule is C[Si](C)(C)[C]1[CH][CH][CH][CH]1.C[Si](C)(C)[C]1[CH][CH][CH][CH]1.[CH3-].[CH3-].[Ti+2]. The van der Waals surface area contributed by atoms with Crippen LogP contribution in [0.15, 0.2) is 0 Å². The van der Waals surface area contributed by atoms with Crippen molar-refractivity contribution in [3.05, 3.63) is 77.3 Å². The van der Waals surface area contributed by atoms with E-state index in [1.54, 1.807) is 11.1 Å². The molecule has 0 aliphatic heterocycles. The average molecular weight is 352 g/mol. The van der Waals surface area contributed by atoms with Gasteiger partial charge in [0.05, 0.1) is 16.1 Å². The van der Waals surface area contributed by atoms with E-state index in [2.05, 4.69) is 90.6 Å². The number of hydrogen-bond acceptors (Lipinski definition) is 0. The normalized spacial score (nSPS) is 19.7. The quantitative estimate of drug-likeness (QED) is 0.459. The van der Waals surface area contributed by atoms with Crippen LogP contribution in [0.2, 0.25) is 39.3 Å². The van der Waals surface area contributed by atoms with Crippen LogP contribution in [0, 0.1) is 77.3 Å².